The van der Waals surface area contributed by atoms with Crippen LogP contribution < -0.4 is 11.0 Å². The van der Waals surface area contributed by atoms with E-state index in [2.05, 4.69) is 15.5 Å². The van der Waals surface area contributed by atoms with Gasteiger partial charge >= 0.3 is 5.69 Å². The molecule has 8 nitrogen and oxygen atoms in total. The largest absolute Gasteiger partial charge is 0.342 e. The molecule has 0 spiro atoms. The second-order valence-corrected chi connectivity index (χ2v) is 7.08. The number of carbonyl (C=O) groups is 1. The molecule has 142 valence electrons. The number of nitrogens with one attached hydrogen (secondary N) is 1. The Hall–Kier alpha value is -2.90. The molecule has 1 N–H and O–H groups in total. The zero-order valence-electron chi connectivity index (χ0n) is 15.6. The minimum absolute atomic E-state index is 0.0368. The molecular weight excluding hydrogens is 346 g/mol. The van der Waals surface area contributed by atoms with Crippen LogP contribution >= 0.6 is 0 Å². The van der Waals surface area contributed by atoms with E-state index in [-0.39, 0.29) is 18.1 Å². The summed E-state index contributed by atoms with van der Waals surface area (Å²) in [5, 5.41) is 7.14. The lowest BCUT2D eigenvalue weighted by atomic mass is 9.96. The fourth-order valence-electron chi connectivity index (χ4n) is 4.06. The minimum atomic E-state index is -0.610. The molecule has 3 aromatic rings. The van der Waals surface area contributed by atoms with E-state index in [1.165, 1.54) is 4.57 Å². The van der Waals surface area contributed by atoms with Crippen LogP contribution in [0.15, 0.2) is 33.6 Å². The molecule has 0 bridgehead atoms. The summed E-state index contributed by atoms with van der Waals surface area (Å²) in [5.41, 5.74) is 0.809. The van der Waals surface area contributed by atoms with Crippen molar-refractivity contribution in [3.05, 3.63) is 46.5 Å². The van der Waals surface area contributed by atoms with Gasteiger partial charge in [-0.2, -0.15) is 4.98 Å². The number of para-hydroxylation sites is 2. The van der Waals surface area contributed by atoms with Crippen LogP contribution in [0.25, 0.3) is 11.0 Å². The number of hydrogen-bond donors (Lipinski definition) is 1. The second kappa shape index (κ2) is 6.68. The number of aryl methyl sites for hydroxylation is 2. The Kier molecular flexibility index (Phi) is 4.33. The molecule has 1 aliphatic carbocycles. The maximum absolute atomic E-state index is 12.9. The van der Waals surface area contributed by atoms with E-state index in [0.29, 0.717) is 18.3 Å². The summed E-state index contributed by atoms with van der Waals surface area (Å²) in [6, 6.07) is 7.53. The number of amides is 1. The highest BCUT2D eigenvalue weighted by Crippen LogP contribution is 2.37. The van der Waals surface area contributed by atoms with Crippen molar-refractivity contribution < 1.29 is 9.32 Å². The van der Waals surface area contributed by atoms with Gasteiger partial charge in [-0.05, 0) is 31.9 Å². The molecule has 1 saturated carbocycles. The number of rotatable bonds is 5. The summed E-state index contributed by atoms with van der Waals surface area (Å²) in [6.07, 6.45) is 3.51. The standard InChI is InChI=1S/C19H23N5O3/c1-3-23-14-8-4-5-9-15(14)24(18(23)26)12-16(25)21-19(10-6-7-11-19)17-20-13(2)27-22-17/h4-5,8-9H,3,6-7,10-12H2,1-2H3,(H,21,25). The molecule has 8 heteroatoms. The highest BCUT2D eigenvalue weighted by atomic mass is 16.5. The fourth-order valence-corrected chi connectivity index (χ4v) is 4.06. The smallest absolute Gasteiger partial charge is 0.329 e. The van der Waals surface area contributed by atoms with Crippen LogP contribution in [0.5, 0.6) is 0 Å². The summed E-state index contributed by atoms with van der Waals surface area (Å²) < 4.78 is 8.33. The molecule has 0 radical (unpaired) electrons. The number of imidazole rings is 1. The molecule has 0 aliphatic heterocycles. The lowest BCUT2D eigenvalue weighted by Crippen LogP contribution is -2.46. The van der Waals surface area contributed by atoms with Gasteiger partial charge in [0.2, 0.25) is 11.8 Å². The lowest BCUT2D eigenvalue weighted by Gasteiger charge is -2.26. The SMILES string of the molecule is CCn1c(=O)n(CC(=O)NC2(c3noc(C)n3)CCCC2)c2ccccc21. The highest BCUT2D eigenvalue weighted by molar-refractivity contribution is 5.81. The van der Waals surface area contributed by atoms with Crippen molar-refractivity contribution in [2.75, 3.05) is 0 Å². The Labute approximate surface area is 156 Å². The molecule has 1 aromatic carbocycles. The number of aromatic nitrogens is 4. The van der Waals surface area contributed by atoms with Crippen molar-refractivity contribution in [2.24, 2.45) is 0 Å². The average Bonchev–Trinajstić information content (AvgIpc) is 3.35. The molecule has 27 heavy (non-hydrogen) atoms. The van der Waals surface area contributed by atoms with E-state index in [0.717, 1.165) is 36.7 Å². The predicted molar refractivity (Wildman–Crippen MR) is 99.2 cm³/mol. The number of nitrogens with zero attached hydrogens (tertiary/aromatic N) is 4. The average molecular weight is 369 g/mol. The van der Waals surface area contributed by atoms with Gasteiger partial charge in [-0.3, -0.25) is 13.9 Å². The Morgan fingerprint density at radius 3 is 2.48 bits per heavy atom. The van der Waals surface area contributed by atoms with Crippen LogP contribution in [0.3, 0.4) is 0 Å². The van der Waals surface area contributed by atoms with Crippen LogP contribution in [0.4, 0.5) is 0 Å². The topological polar surface area (TPSA) is 95.0 Å². The van der Waals surface area contributed by atoms with E-state index in [1.807, 2.05) is 31.2 Å². The van der Waals surface area contributed by atoms with Gasteiger partial charge in [-0.25, -0.2) is 4.79 Å². The van der Waals surface area contributed by atoms with Crippen LogP contribution in [-0.4, -0.2) is 25.2 Å². The van der Waals surface area contributed by atoms with Crippen LogP contribution in [0, 0.1) is 6.92 Å². The Bertz CT molecular complexity index is 1040. The number of hydrogen-bond acceptors (Lipinski definition) is 5. The van der Waals surface area contributed by atoms with Gasteiger partial charge in [0.1, 0.15) is 12.1 Å². The van der Waals surface area contributed by atoms with Gasteiger partial charge < -0.3 is 9.84 Å². The van der Waals surface area contributed by atoms with E-state index < -0.39 is 5.54 Å². The summed E-state index contributed by atoms with van der Waals surface area (Å²) in [4.78, 5) is 30.0. The summed E-state index contributed by atoms with van der Waals surface area (Å²) >= 11 is 0. The van der Waals surface area contributed by atoms with E-state index in [9.17, 15) is 9.59 Å². The first-order valence-corrected chi connectivity index (χ1v) is 9.34. The number of benzene rings is 1. The highest BCUT2D eigenvalue weighted by Gasteiger charge is 2.41. The lowest BCUT2D eigenvalue weighted by molar-refractivity contribution is -0.123. The number of carbonyl (C=O) groups excluding carboxylic acids is 1. The van der Waals surface area contributed by atoms with Crippen molar-refractivity contribution in [1.82, 2.24) is 24.6 Å². The third kappa shape index (κ3) is 2.94. The van der Waals surface area contributed by atoms with Crippen LogP contribution in [-0.2, 0) is 23.4 Å². The minimum Gasteiger partial charge on any atom is -0.342 e. The fraction of sp³-hybridized carbons (Fsp3) is 0.474. The maximum atomic E-state index is 12.9. The van der Waals surface area contributed by atoms with E-state index in [1.54, 1.807) is 11.5 Å². The van der Waals surface area contributed by atoms with Crippen molar-refractivity contribution >= 4 is 16.9 Å². The molecule has 0 saturated heterocycles. The van der Waals surface area contributed by atoms with Gasteiger partial charge in [-0.15, -0.1) is 0 Å². The molecule has 0 unspecified atom stereocenters. The second-order valence-electron chi connectivity index (χ2n) is 7.08. The van der Waals surface area contributed by atoms with Crippen molar-refractivity contribution in [3.8, 4) is 0 Å². The third-order valence-corrected chi connectivity index (χ3v) is 5.33. The summed E-state index contributed by atoms with van der Waals surface area (Å²) in [5.74, 6) is 0.780. The van der Waals surface area contributed by atoms with Gasteiger partial charge in [0.15, 0.2) is 5.82 Å². The zero-order chi connectivity index (χ0) is 19.0. The Morgan fingerprint density at radius 2 is 1.89 bits per heavy atom. The molecular formula is C19H23N5O3. The maximum Gasteiger partial charge on any atom is 0.329 e. The molecule has 2 aromatic heterocycles. The quantitative estimate of drug-likeness (QED) is 0.743. The first-order valence-electron chi connectivity index (χ1n) is 9.34. The first kappa shape index (κ1) is 17.5. The number of fused-ring (bicyclic) bond motifs is 1. The van der Waals surface area contributed by atoms with E-state index >= 15 is 0 Å². The van der Waals surface area contributed by atoms with Gasteiger partial charge in [0, 0.05) is 13.5 Å². The molecule has 4 rings (SSSR count). The van der Waals surface area contributed by atoms with Gasteiger partial charge in [-0.1, -0.05) is 30.1 Å². The molecule has 2 heterocycles. The molecule has 0 atom stereocenters. The molecule has 1 aliphatic rings. The molecule has 1 fully saturated rings. The Morgan fingerprint density at radius 1 is 1.22 bits per heavy atom. The van der Waals surface area contributed by atoms with Crippen molar-refractivity contribution in [1.29, 1.82) is 0 Å². The first-order chi connectivity index (χ1) is 13.0. The summed E-state index contributed by atoms with van der Waals surface area (Å²) in [7, 11) is 0. The van der Waals surface area contributed by atoms with Crippen LogP contribution in [0.2, 0.25) is 0 Å². The monoisotopic (exact) mass is 369 g/mol. The predicted octanol–water partition coefficient (Wildman–Crippen LogP) is 2.10. The van der Waals surface area contributed by atoms with Gasteiger partial charge in [0.25, 0.3) is 0 Å². The van der Waals surface area contributed by atoms with Crippen molar-refractivity contribution in [3.63, 3.8) is 0 Å². The van der Waals surface area contributed by atoms with Crippen molar-refractivity contribution in [2.45, 2.75) is 58.2 Å². The van der Waals surface area contributed by atoms with Crippen LogP contribution in [0.1, 0.15) is 44.3 Å². The third-order valence-electron chi connectivity index (χ3n) is 5.33. The normalized spacial score (nSPS) is 16.1. The zero-order valence-corrected chi connectivity index (χ0v) is 15.6. The van der Waals surface area contributed by atoms with Gasteiger partial charge in [0.05, 0.1) is 11.0 Å². The Balaban J connectivity index is 1.64. The summed E-state index contributed by atoms with van der Waals surface area (Å²) in [6.45, 7) is 4.18. The molecule has 1 amide bonds. The van der Waals surface area contributed by atoms with E-state index in [4.69, 9.17) is 4.52 Å².